The molecule has 32 heavy (non-hydrogen) atoms. The van der Waals surface area contributed by atoms with E-state index in [-0.39, 0.29) is 17.0 Å². The maximum absolute atomic E-state index is 14.3. The van der Waals surface area contributed by atoms with Crippen LogP contribution in [0.4, 0.5) is 4.39 Å². The van der Waals surface area contributed by atoms with Crippen molar-refractivity contribution in [2.24, 2.45) is 0 Å². The van der Waals surface area contributed by atoms with Crippen LogP contribution in [0.3, 0.4) is 0 Å². The summed E-state index contributed by atoms with van der Waals surface area (Å²) in [6, 6.07) is 7.05. The molecule has 1 unspecified atom stereocenters. The van der Waals surface area contributed by atoms with E-state index < -0.39 is 5.82 Å². The van der Waals surface area contributed by atoms with Crippen LogP contribution in [-0.4, -0.2) is 48.8 Å². The molecule has 160 valence electrons. The molecule has 1 atom stereocenters. The van der Waals surface area contributed by atoms with Crippen LogP contribution in [-0.2, 0) is 4.79 Å². The Morgan fingerprint density at radius 1 is 1.25 bits per heavy atom. The van der Waals surface area contributed by atoms with Crippen LogP contribution in [0.1, 0.15) is 24.4 Å². The van der Waals surface area contributed by atoms with Crippen LogP contribution in [0, 0.1) is 17.1 Å². The minimum Gasteiger partial charge on any atom is -0.344 e. The molecule has 5 heterocycles. The number of carbonyl (C=O) groups excluding carboxylic acids is 1. The predicted molar refractivity (Wildman–Crippen MR) is 115 cm³/mol. The normalized spacial score (nSPS) is 16.5. The third-order valence-electron chi connectivity index (χ3n) is 5.54. The molecule has 0 bridgehead atoms. The molecule has 0 spiro atoms. The lowest BCUT2D eigenvalue weighted by atomic mass is 10.1. The van der Waals surface area contributed by atoms with Crippen molar-refractivity contribution in [2.45, 2.75) is 28.8 Å². The van der Waals surface area contributed by atoms with E-state index in [2.05, 4.69) is 21.3 Å². The number of nitriles is 1. The first-order chi connectivity index (χ1) is 15.5. The molecular weight excluding hydrogens is 429 g/mol. The molecule has 0 radical (unpaired) electrons. The second-order valence-electron chi connectivity index (χ2n) is 7.62. The van der Waals surface area contributed by atoms with E-state index in [1.807, 2.05) is 23.1 Å². The van der Waals surface area contributed by atoms with E-state index in [4.69, 9.17) is 0 Å². The number of piperidine rings is 1. The van der Waals surface area contributed by atoms with Crippen LogP contribution in [0.15, 0.2) is 59.1 Å². The topological polar surface area (TPSA) is 92.1 Å². The number of rotatable bonds is 4. The van der Waals surface area contributed by atoms with Gasteiger partial charge in [-0.05, 0) is 24.6 Å². The maximum Gasteiger partial charge on any atom is 0.222 e. The van der Waals surface area contributed by atoms with Crippen molar-refractivity contribution < 1.29 is 9.18 Å². The van der Waals surface area contributed by atoms with E-state index in [1.54, 1.807) is 22.7 Å². The quantitative estimate of drug-likeness (QED) is 0.475. The highest BCUT2D eigenvalue weighted by molar-refractivity contribution is 7.99. The number of aromatic nitrogens is 5. The molecule has 8 nitrogen and oxygen atoms in total. The first kappa shape index (κ1) is 20.2. The smallest absolute Gasteiger partial charge is 0.222 e. The zero-order valence-electron chi connectivity index (χ0n) is 17.1. The molecule has 0 N–H and O–H groups in total. The average molecular weight is 447 g/mol. The van der Waals surface area contributed by atoms with Crippen LogP contribution >= 0.6 is 11.8 Å². The van der Waals surface area contributed by atoms with Crippen LogP contribution in [0.5, 0.6) is 0 Å². The highest BCUT2D eigenvalue weighted by atomic mass is 32.2. The van der Waals surface area contributed by atoms with E-state index in [0.29, 0.717) is 28.9 Å². The molecule has 5 rings (SSSR count). The lowest BCUT2D eigenvalue weighted by Crippen LogP contribution is -2.38. The minimum absolute atomic E-state index is 0.113. The number of hydrogen-bond donors (Lipinski definition) is 0. The van der Waals surface area contributed by atoms with Gasteiger partial charge in [-0.2, -0.15) is 15.5 Å². The average Bonchev–Trinajstić information content (AvgIpc) is 3.44. The Morgan fingerprint density at radius 3 is 2.91 bits per heavy atom. The van der Waals surface area contributed by atoms with Gasteiger partial charge in [0.15, 0.2) is 5.82 Å². The van der Waals surface area contributed by atoms with Gasteiger partial charge < -0.3 is 4.90 Å². The van der Waals surface area contributed by atoms with Gasteiger partial charge in [0.25, 0.3) is 0 Å². The molecule has 0 aromatic carbocycles. The van der Waals surface area contributed by atoms with Gasteiger partial charge in [-0.1, -0.05) is 11.8 Å². The van der Waals surface area contributed by atoms with Gasteiger partial charge in [0.1, 0.15) is 11.1 Å². The van der Waals surface area contributed by atoms with Gasteiger partial charge in [0.05, 0.1) is 29.5 Å². The van der Waals surface area contributed by atoms with Crippen molar-refractivity contribution in [3.8, 4) is 17.2 Å². The fraction of sp³-hybridized carbons (Fsp3) is 0.227. The van der Waals surface area contributed by atoms with Crippen molar-refractivity contribution in [2.75, 3.05) is 13.6 Å². The summed E-state index contributed by atoms with van der Waals surface area (Å²) >= 11 is 1.15. The number of fused-ring (bicyclic) bond motifs is 1. The lowest BCUT2D eigenvalue weighted by molar-refractivity contribution is -0.133. The largest absolute Gasteiger partial charge is 0.344 e. The second-order valence-corrected chi connectivity index (χ2v) is 8.66. The van der Waals surface area contributed by atoms with Crippen molar-refractivity contribution in [3.05, 3.63) is 60.6 Å². The van der Waals surface area contributed by atoms with E-state index in [9.17, 15) is 14.4 Å². The summed E-state index contributed by atoms with van der Waals surface area (Å²) in [5, 5.41) is 18.6. The van der Waals surface area contributed by atoms with Crippen molar-refractivity contribution >= 4 is 23.2 Å². The van der Waals surface area contributed by atoms with Gasteiger partial charge in [-0.3, -0.25) is 9.48 Å². The second kappa shape index (κ2) is 8.09. The Labute approximate surface area is 187 Å². The fourth-order valence-corrected chi connectivity index (χ4v) is 4.82. The molecule has 1 saturated heterocycles. The number of amides is 1. The highest BCUT2D eigenvalue weighted by Crippen LogP contribution is 2.36. The Hall–Kier alpha value is -3.71. The Balaban J connectivity index is 1.54. The standard InChI is InChI=1S/C22H18FN7OS/c1-28-13-17(4-5-20(28)31)29-12-16(10-26-29)14-7-19(32-22-18(23)3-2-6-25-22)21-15(8-24)9-27-30(21)11-14/h2-3,6-7,9-12,17H,4-5,13H2,1H3. The molecule has 4 aromatic rings. The summed E-state index contributed by atoms with van der Waals surface area (Å²) in [6.07, 6.45) is 9.81. The molecule has 0 aliphatic carbocycles. The first-order valence-corrected chi connectivity index (χ1v) is 10.8. The summed E-state index contributed by atoms with van der Waals surface area (Å²) in [7, 11) is 1.80. The van der Waals surface area contributed by atoms with Gasteiger partial charge in [-0.15, -0.1) is 0 Å². The molecule has 0 saturated carbocycles. The summed E-state index contributed by atoms with van der Waals surface area (Å²) in [5.41, 5.74) is 2.70. The third-order valence-corrected chi connectivity index (χ3v) is 6.56. The Bertz CT molecular complexity index is 1370. The zero-order valence-corrected chi connectivity index (χ0v) is 18.0. The summed E-state index contributed by atoms with van der Waals surface area (Å²) in [5.74, 6) is -0.280. The fourth-order valence-electron chi connectivity index (χ4n) is 3.85. The summed E-state index contributed by atoms with van der Waals surface area (Å²) in [6.45, 7) is 0.615. The third kappa shape index (κ3) is 3.61. The molecule has 4 aromatic heterocycles. The maximum atomic E-state index is 14.3. The summed E-state index contributed by atoms with van der Waals surface area (Å²) < 4.78 is 17.8. The molecule has 10 heteroatoms. The number of halogens is 1. The van der Waals surface area contributed by atoms with Gasteiger partial charge in [0.2, 0.25) is 5.91 Å². The number of pyridine rings is 2. The number of likely N-dealkylation sites (N-methyl/N-ethyl adjacent to an activating group) is 1. The molecule has 1 amide bonds. The van der Waals surface area contributed by atoms with Gasteiger partial charge >= 0.3 is 0 Å². The number of carbonyl (C=O) groups is 1. The monoisotopic (exact) mass is 447 g/mol. The van der Waals surface area contributed by atoms with Gasteiger partial charge in [-0.25, -0.2) is 13.9 Å². The predicted octanol–water partition coefficient (Wildman–Crippen LogP) is 3.55. The molecule has 1 fully saturated rings. The lowest BCUT2D eigenvalue weighted by Gasteiger charge is -2.29. The van der Waals surface area contributed by atoms with E-state index in [1.165, 1.54) is 24.5 Å². The number of hydrogen-bond acceptors (Lipinski definition) is 6. The first-order valence-electron chi connectivity index (χ1n) is 10.0. The van der Waals surface area contributed by atoms with Crippen LogP contribution in [0.25, 0.3) is 16.6 Å². The van der Waals surface area contributed by atoms with Crippen molar-refractivity contribution in [1.29, 1.82) is 5.26 Å². The van der Waals surface area contributed by atoms with Crippen molar-refractivity contribution in [1.82, 2.24) is 29.3 Å². The van der Waals surface area contributed by atoms with Gasteiger partial charge in [0, 0.05) is 54.6 Å². The molecule has 1 aliphatic heterocycles. The Kier molecular flexibility index (Phi) is 5.11. The van der Waals surface area contributed by atoms with Crippen LogP contribution < -0.4 is 0 Å². The summed E-state index contributed by atoms with van der Waals surface area (Å²) in [4.78, 5) is 18.3. The number of nitrogens with zero attached hydrogens (tertiary/aromatic N) is 7. The zero-order chi connectivity index (χ0) is 22.2. The molecular formula is C22H18FN7OS. The van der Waals surface area contributed by atoms with Crippen molar-refractivity contribution in [3.63, 3.8) is 0 Å². The Morgan fingerprint density at radius 2 is 2.12 bits per heavy atom. The SMILES string of the molecule is CN1CC(n2cc(-c3cc(Sc4ncccc4F)c4c(C#N)cnn4c3)cn2)CCC1=O. The van der Waals surface area contributed by atoms with E-state index >= 15 is 0 Å². The number of likely N-dealkylation sites (tertiary alicyclic amines) is 1. The van der Waals surface area contributed by atoms with E-state index in [0.717, 1.165) is 29.3 Å². The molecule has 1 aliphatic rings. The minimum atomic E-state index is -0.428. The van der Waals surface area contributed by atoms with Crippen LogP contribution in [0.2, 0.25) is 0 Å². The highest BCUT2D eigenvalue weighted by Gasteiger charge is 2.25.